The van der Waals surface area contributed by atoms with E-state index in [9.17, 15) is 4.79 Å². The molecule has 0 radical (unpaired) electrons. The third-order valence-electron chi connectivity index (χ3n) is 4.23. The molecule has 1 N–H and O–H groups in total. The number of nitriles is 1. The third kappa shape index (κ3) is 4.28. The molecule has 0 spiro atoms. The molecular weight excluding hydrogens is 338 g/mol. The molecule has 0 aliphatic rings. The summed E-state index contributed by atoms with van der Waals surface area (Å²) in [4.78, 5) is 22.3. The summed E-state index contributed by atoms with van der Waals surface area (Å²) in [7, 11) is 1.75. The van der Waals surface area contributed by atoms with Gasteiger partial charge in [0.05, 0.1) is 0 Å². The fourth-order valence-electron chi connectivity index (χ4n) is 2.58. The van der Waals surface area contributed by atoms with Crippen molar-refractivity contribution in [3.05, 3.63) is 83.3 Å². The Kier molecular flexibility index (Phi) is 5.43. The van der Waals surface area contributed by atoms with Crippen molar-refractivity contribution in [3.8, 4) is 6.07 Å². The summed E-state index contributed by atoms with van der Waals surface area (Å²) in [6.45, 7) is 2.43. The summed E-state index contributed by atoms with van der Waals surface area (Å²) < 4.78 is 0. The molecular formula is C21H19N5O. The first-order chi connectivity index (χ1) is 13.1. The maximum atomic E-state index is 12.5. The van der Waals surface area contributed by atoms with Crippen LogP contribution in [0.2, 0.25) is 0 Å². The quantitative estimate of drug-likeness (QED) is 0.755. The Morgan fingerprint density at radius 1 is 1.11 bits per heavy atom. The average molecular weight is 357 g/mol. The SMILES string of the molecule is Cc1ccc(NCc2ccc(N(C)C(=O)c3ccncc3)cc2)nc1C#N. The van der Waals surface area contributed by atoms with E-state index in [0.29, 0.717) is 23.6 Å². The van der Waals surface area contributed by atoms with Crippen LogP contribution in [0.5, 0.6) is 0 Å². The standard InChI is InChI=1S/C21H19N5O/c1-15-3-8-20(25-19(15)13-22)24-14-16-4-6-18(7-5-16)26(2)21(27)17-9-11-23-12-10-17/h3-12H,14H2,1-2H3,(H,24,25). The predicted octanol–water partition coefficient (Wildman–Crippen LogP) is 3.55. The summed E-state index contributed by atoms with van der Waals surface area (Å²) in [5.41, 5.74) is 3.73. The Morgan fingerprint density at radius 3 is 2.48 bits per heavy atom. The molecule has 0 fully saturated rings. The molecule has 3 rings (SSSR count). The Labute approximate surface area is 158 Å². The van der Waals surface area contributed by atoms with E-state index in [2.05, 4.69) is 21.4 Å². The van der Waals surface area contributed by atoms with Crippen molar-refractivity contribution in [1.29, 1.82) is 5.26 Å². The van der Waals surface area contributed by atoms with Gasteiger partial charge < -0.3 is 10.2 Å². The second-order valence-corrected chi connectivity index (χ2v) is 6.09. The number of nitrogens with one attached hydrogen (secondary N) is 1. The minimum absolute atomic E-state index is 0.0869. The van der Waals surface area contributed by atoms with Gasteiger partial charge in [-0.1, -0.05) is 18.2 Å². The van der Waals surface area contributed by atoms with Crippen LogP contribution in [0.4, 0.5) is 11.5 Å². The van der Waals surface area contributed by atoms with Crippen molar-refractivity contribution in [2.75, 3.05) is 17.3 Å². The van der Waals surface area contributed by atoms with Crippen LogP contribution in [0.1, 0.15) is 27.2 Å². The Bertz CT molecular complexity index is 978. The lowest BCUT2D eigenvalue weighted by Gasteiger charge is -2.18. The van der Waals surface area contributed by atoms with E-state index in [1.807, 2.05) is 43.3 Å². The number of hydrogen-bond donors (Lipinski definition) is 1. The van der Waals surface area contributed by atoms with Crippen LogP contribution < -0.4 is 10.2 Å². The van der Waals surface area contributed by atoms with Crippen molar-refractivity contribution in [2.24, 2.45) is 0 Å². The van der Waals surface area contributed by atoms with Crippen LogP contribution in [0.25, 0.3) is 0 Å². The molecule has 134 valence electrons. The van der Waals surface area contributed by atoms with Gasteiger partial charge in [0.15, 0.2) is 0 Å². The number of carbonyl (C=O) groups is 1. The van der Waals surface area contributed by atoms with Crippen LogP contribution in [-0.2, 0) is 6.54 Å². The van der Waals surface area contributed by atoms with Crippen molar-refractivity contribution < 1.29 is 4.79 Å². The summed E-state index contributed by atoms with van der Waals surface area (Å²) in [5, 5.41) is 12.3. The molecule has 0 aliphatic carbocycles. The molecule has 0 bridgehead atoms. The summed E-state index contributed by atoms with van der Waals surface area (Å²) >= 11 is 0. The molecule has 0 unspecified atom stereocenters. The van der Waals surface area contributed by atoms with Crippen LogP contribution in [0.15, 0.2) is 60.9 Å². The Morgan fingerprint density at radius 2 is 1.81 bits per heavy atom. The van der Waals surface area contributed by atoms with E-state index >= 15 is 0 Å². The number of anilines is 2. The normalized spacial score (nSPS) is 10.1. The van der Waals surface area contributed by atoms with Gasteiger partial charge in [-0.25, -0.2) is 4.98 Å². The molecule has 0 saturated heterocycles. The zero-order chi connectivity index (χ0) is 19.2. The van der Waals surface area contributed by atoms with E-state index < -0.39 is 0 Å². The second-order valence-electron chi connectivity index (χ2n) is 6.09. The minimum atomic E-state index is -0.0869. The predicted molar refractivity (Wildman–Crippen MR) is 104 cm³/mol. The first kappa shape index (κ1) is 18.1. The number of nitrogens with zero attached hydrogens (tertiary/aromatic N) is 4. The van der Waals surface area contributed by atoms with Crippen LogP contribution in [0, 0.1) is 18.3 Å². The number of pyridine rings is 2. The van der Waals surface area contributed by atoms with Crippen molar-refractivity contribution in [2.45, 2.75) is 13.5 Å². The number of benzene rings is 1. The van der Waals surface area contributed by atoms with Gasteiger partial charge in [-0.05, 0) is 48.4 Å². The lowest BCUT2D eigenvalue weighted by atomic mass is 10.1. The van der Waals surface area contributed by atoms with Gasteiger partial charge in [-0.15, -0.1) is 0 Å². The molecule has 0 saturated carbocycles. The van der Waals surface area contributed by atoms with Gasteiger partial charge in [0.25, 0.3) is 5.91 Å². The highest BCUT2D eigenvalue weighted by molar-refractivity contribution is 6.05. The van der Waals surface area contributed by atoms with Crippen molar-refractivity contribution >= 4 is 17.4 Å². The Hall–Kier alpha value is -3.72. The number of amides is 1. The highest BCUT2D eigenvalue weighted by Gasteiger charge is 2.13. The minimum Gasteiger partial charge on any atom is -0.366 e. The van der Waals surface area contributed by atoms with E-state index in [-0.39, 0.29) is 5.91 Å². The molecule has 1 amide bonds. The van der Waals surface area contributed by atoms with E-state index in [1.54, 1.807) is 36.5 Å². The monoisotopic (exact) mass is 357 g/mol. The summed E-state index contributed by atoms with van der Waals surface area (Å²) in [5.74, 6) is 0.572. The lowest BCUT2D eigenvalue weighted by molar-refractivity contribution is 0.0993. The average Bonchev–Trinajstić information content (AvgIpc) is 2.73. The van der Waals surface area contributed by atoms with Gasteiger partial charge in [-0.3, -0.25) is 9.78 Å². The van der Waals surface area contributed by atoms with Crippen LogP contribution >= 0.6 is 0 Å². The molecule has 3 aromatic rings. The molecule has 27 heavy (non-hydrogen) atoms. The zero-order valence-corrected chi connectivity index (χ0v) is 15.2. The first-order valence-corrected chi connectivity index (χ1v) is 8.47. The number of aryl methyl sites for hydroxylation is 1. The maximum Gasteiger partial charge on any atom is 0.258 e. The fourth-order valence-corrected chi connectivity index (χ4v) is 2.58. The molecule has 2 aromatic heterocycles. The van der Waals surface area contributed by atoms with Crippen LogP contribution in [0.3, 0.4) is 0 Å². The van der Waals surface area contributed by atoms with Crippen LogP contribution in [-0.4, -0.2) is 22.9 Å². The highest BCUT2D eigenvalue weighted by atomic mass is 16.2. The second kappa shape index (κ2) is 8.11. The largest absolute Gasteiger partial charge is 0.366 e. The first-order valence-electron chi connectivity index (χ1n) is 8.47. The molecule has 0 atom stereocenters. The molecule has 1 aromatic carbocycles. The highest BCUT2D eigenvalue weighted by Crippen LogP contribution is 2.17. The van der Waals surface area contributed by atoms with E-state index in [4.69, 9.17) is 5.26 Å². The fraction of sp³-hybridized carbons (Fsp3) is 0.143. The smallest absolute Gasteiger partial charge is 0.258 e. The molecule has 6 heteroatoms. The molecule has 0 aliphatic heterocycles. The van der Waals surface area contributed by atoms with Crippen molar-refractivity contribution in [1.82, 2.24) is 9.97 Å². The van der Waals surface area contributed by atoms with Gasteiger partial charge >= 0.3 is 0 Å². The van der Waals surface area contributed by atoms with Gasteiger partial charge in [0.1, 0.15) is 17.6 Å². The zero-order valence-electron chi connectivity index (χ0n) is 15.2. The lowest BCUT2D eigenvalue weighted by Crippen LogP contribution is -2.26. The molecule has 2 heterocycles. The topological polar surface area (TPSA) is 81.9 Å². The number of carbonyl (C=O) groups excluding carboxylic acids is 1. The maximum absolute atomic E-state index is 12.5. The molecule has 6 nitrogen and oxygen atoms in total. The Balaban J connectivity index is 1.65. The van der Waals surface area contributed by atoms with Gasteiger partial charge in [-0.2, -0.15) is 5.26 Å². The number of rotatable bonds is 5. The number of hydrogen-bond acceptors (Lipinski definition) is 5. The van der Waals surface area contributed by atoms with E-state index in [1.165, 1.54) is 0 Å². The van der Waals surface area contributed by atoms with Crippen molar-refractivity contribution in [3.63, 3.8) is 0 Å². The number of aromatic nitrogens is 2. The van der Waals surface area contributed by atoms with Gasteiger partial charge in [0.2, 0.25) is 0 Å². The van der Waals surface area contributed by atoms with Gasteiger partial charge in [0, 0.05) is 37.2 Å². The summed E-state index contributed by atoms with van der Waals surface area (Å²) in [6.07, 6.45) is 3.21. The summed E-state index contributed by atoms with van der Waals surface area (Å²) in [6, 6.07) is 16.9. The van der Waals surface area contributed by atoms with E-state index in [0.717, 1.165) is 16.8 Å². The third-order valence-corrected chi connectivity index (χ3v) is 4.23.